The van der Waals surface area contributed by atoms with Crippen molar-refractivity contribution in [2.45, 2.75) is 25.7 Å². The molecule has 212 valence electrons. The lowest BCUT2D eigenvalue weighted by Crippen LogP contribution is -2.15. The van der Waals surface area contributed by atoms with Crippen molar-refractivity contribution in [3.8, 4) is 0 Å². The average Bonchev–Trinajstić information content (AvgIpc) is 2.87. The summed E-state index contributed by atoms with van der Waals surface area (Å²) in [6.45, 7) is 10.8. The highest BCUT2D eigenvalue weighted by Crippen LogP contribution is 2.02. The van der Waals surface area contributed by atoms with Gasteiger partial charge in [-0.25, -0.2) is 0 Å². The summed E-state index contributed by atoms with van der Waals surface area (Å²) in [5.74, 6) is 0. The minimum Gasteiger partial charge on any atom is -0.379 e. The molecule has 0 saturated carbocycles. The summed E-state index contributed by atoms with van der Waals surface area (Å²) in [5, 5.41) is 0. The standard InChI is InChI=1S/C24H50INO9/c25-5-3-1-2-4-7-27-9-11-29-13-15-31-17-19-33-21-23-35-24-22-34-20-18-32-16-14-30-12-10-28-8-6-26/h1-24,26H2. The molecule has 0 aromatic heterocycles. The third kappa shape index (κ3) is 34.3. The van der Waals surface area contributed by atoms with Gasteiger partial charge in [0, 0.05) is 13.2 Å². The predicted octanol–water partition coefficient (Wildman–Crippen LogP) is 2.09. The first-order valence-corrected chi connectivity index (χ1v) is 14.4. The molecule has 11 heteroatoms. The van der Waals surface area contributed by atoms with Crippen molar-refractivity contribution in [3.05, 3.63) is 0 Å². The summed E-state index contributed by atoms with van der Waals surface area (Å²) in [6.07, 6.45) is 5.00. The number of nitrogens with two attached hydrogens (primary N) is 1. The Hall–Kier alpha value is 0.330. The Morgan fingerprint density at radius 3 is 0.857 bits per heavy atom. The first-order chi connectivity index (χ1) is 17.4. The first kappa shape index (κ1) is 35.3. The summed E-state index contributed by atoms with van der Waals surface area (Å²) in [6, 6.07) is 0. The van der Waals surface area contributed by atoms with Gasteiger partial charge in [0.2, 0.25) is 0 Å². The van der Waals surface area contributed by atoms with E-state index in [1.807, 2.05) is 0 Å². The zero-order chi connectivity index (χ0) is 25.3. The highest BCUT2D eigenvalue weighted by molar-refractivity contribution is 14.1. The minimum absolute atomic E-state index is 0.532. The summed E-state index contributed by atoms with van der Waals surface area (Å²) in [4.78, 5) is 0. The van der Waals surface area contributed by atoms with Crippen molar-refractivity contribution >= 4 is 22.6 Å². The quantitative estimate of drug-likeness (QED) is 0.0680. The van der Waals surface area contributed by atoms with Gasteiger partial charge in [0.1, 0.15) is 0 Å². The maximum absolute atomic E-state index is 5.54. The van der Waals surface area contributed by atoms with Crippen molar-refractivity contribution in [1.29, 1.82) is 0 Å². The first-order valence-electron chi connectivity index (χ1n) is 12.9. The molecule has 0 aliphatic carbocycles. The largest absolute Gasteiger partial charge is 0.379 e. The zero-order valence-electron chi connectivity index (χ0n) is 21.6. The third-order valence-electron chi connectivity index (χ3n) is 4.41. The molecule has 0 fully saturated rings. The van der Waals surface area contributed by atoms with Gasteiger partial charge in [-0.2, -0.15) is 0 Å². The Morgan fingerprint density at radius 2 is 0.571 bits per heavy atom. The summed E-state index contributed by atoms with van der Waals surface area (Å²) < 4.78 is 50.1. The van der Waals surface area contributed by atoms with Gasteiger partial charge < -0.3 is 48.4 Å². The molecule has 0 bridgehead atoms. The number of halogens is 1. The monoisotopic (exact) mass is 623 g/mol. The lowest BCUT2D eigenvalue weighted by Gasteiger charge is -2.09. The van der Waals surface area contributed by atoms with Crippen molar-refractivity contribution in [2.75, 3.05) is 130 Å². The van der Waals surface area contributed by atoms with Crippen LogP contribution >= 0.6 is 22.6 Å². The molecular weight excluding hydrogens is 573 g/mol. The van der Waals surface area contributed by atoms with E-state index in [2.05, 4.69) is 22.6 Å². The normalized spacial score (nSPS) is 11.5. The number of rotatable bonds is 32. The molecule has 0 spiro atoms. The van der Waals surface area contributed by atoms with E-state index in [9.17, 15) is 0 Å². The molecule has 2 N–H and O–H groups in total. The Kier molecular flexibility index (Phi) is 34.7. The maximum atomic E-state index is 5.54. The molecule has 0 radical (unpaired) electrons. The molecule has 0 rings (SSSR count). The van der Waals surface area contributed by atoms with E-state index in [-0.39, 0.29) is 0 Å². The van der Waals surface area contributed by atoms with E-state index >= 15 is 0 Å². The molecule has 0 unspecified atom stereocenters. The van der Waals surface area contributed by atoms with Crippen LogP contribution in [0.1, 0.15) is 25.7 Å². The topological polar surface area (TPSA) is 109 Å². The second kappa shape index (κ2) is 34.3. The number of alkyl halides is 1. The molecule has 35 heavy (non-hydrogen) atoms. The van der Waals surface area contributed by atoms with Crippen LogP contribution in [0.2, 0.25) is 0 Å². The van der Waals surface area contributed by atoms with Crippen molar-refractivity contribution in [1.82, 2.24) is 0 Å². The van der Waals surface area contributed by atoms with Gasteiger partial charge in [0.25, 0.3) is 0 Å². The smallest absolute Gasteiger partial charge is 0.0701 e. The van der Waals surface area contributed by atoms with Crippen LogP contribution in [-0.4, -0.2) is 130 Å². The summed E-state index contributed by atoms with van der Waals surface area (Å²) in [5.41, 5.74) is 5.32. The fraction of sp³-hybridized carbons (Fsp3) is 1.00. The van der Waals surface area contributed by atoms with Crippen LogP contribution in [0.5, 0.6) is 0 Å². The summed E-state index contributed by atoms with van der Waals surface area (Å²) in [7, 11) is 0. The minimum atomic E-state index is 0.532. The van der Waals surface area contributed by atoms with Crippen LogP contribution in [0.3, 0.4) is 0 Å². The molecule has 0 aliphatic heterocycles. The molecule has 0 aliphatic rings. The van der Waals surface area contributed by atoms with Gasteiger partial charge >= 0.3 is 0 Å². The SMILES string of the molecule is NCCOCCOCCOCCOCCOCCOCCOCCOCCOCCCCCCI. The van der Waals surface area contributed by atoms with Gasteiger partial charge in [0.15, 0.2) is 0 Å². The second-order valence-electron chi connectivity index (χ2n) is 7.40. The van der Waals surface area contributed by atoms with Gasteiger partial charge in [-0.1, -0.05) is 35.4 Å². The Bertz CT molecular complexity index is 342. The molecule has 0 amide bonds. The van der Waals surface area contributed by atoms with E-state index in [0.717, 1.165) is 13.0 Å². The maximum Gasteiger partial charge on any atom is 0.0701 e. The molecule has 0 heterocycles. The molecule has 0 atom stereocenters. The van der Waals surface area contributed by atoms with E-state index in [1.54, 1.807) is 0 Å². The van der Waals surface area contributed by atoms with Gasteiger partial charge in [-0.05, 0) is 17.3 Å². The zero-order valence-corrected chi connectivity index (χ0v) is 23.8. The van der Waals surface area contributed by atoms with E-state index in [0.29, 0.717) is 119 Å². The van der Waals surface area contributed by atoms with Crippen LogP contribution in [0, 0.1) is 0 Å². The van der Waals surface area contributed by atoms with Crippen molar-refractivity contribution in [2.24, 2.45) is 5.73 Å². The fourth-order valence-corrected chi connectivity index (χ4v) is 3.14. The third-order valence-corrected chi connectivity index (χ3v) is 5.17. The Morgan fingerprint density at radius 1 is 0.314 bits per heavy atom. The van der Waals surface area contributed by atoms with E-state index < -0.39 is 0 Å². The lowest BCUT2D eigenvalue weighted by atomic mass is 10.2. The van der Waals surface area contributed by atoms with Crippen LogP contribution in [0.4, 0.5) is 0 Å². The van der Waals surface area contributed by atoms with Gasteiger partial charge in [0.05, 0.1) is 112 Å². The van der Waals surface area contributed by atoms with E-state index in [4.69, 9.17) is 48.4 Å². The average molecular weight is 624 g/mol. The number of hydrogen-bond donors (Lipinski definition) is 1. The highest BCUT2D eigenvalue weighted by atomic mass is 127. The second-order valence-corrected chi connectivity index (χ2v) is 8.48. The lowest BCUT2D eigenvalue weighted by molar-refractivity contribution is -0.0249. The van der Waals surface area contributed by atoms with E-state index in [1.165, 1.54) is 23.7 Å². The van der Waals surface area contributed by atoms with Crippen LogP contribution < -0.4 is 5.73 Å². The number of hydrogen-bond acceptors (Lipinski definition) is 10. The fourth-order valence-electron chi connectivity index (χ4n) is 2.60. The Labute approximate surface area is 226 Å². The highest BCUT2D eigenvalue weighted by Gasteiger charge is 1.96. The van der Waals surface area contributed by atoms with Crippen molar-refractivity contribution < 1.29 is 42.6 Å². The van der Waals surface area contributed by atoms with Crippen LogP contribution in [0.15, 0.2) is 0 Å². The number of ether oxygens (including phenoxy) is 9. The van der Waals surface area contributed by atoms with Crippen LogP contribution in [0.25, 0.3) is 0 Å². The molecule has 0 aromatic rings. The number of unbranched alkanes of at least 4 members (excludes halogenated alkanes) is 3. The Balaban J connectivity index is 3.00. The van der Waals surface area contributed by atoms with Gasteiger partial charge in [-0.3, -0.25) is 0 Å². The van der Waals surface area contributed by atoms with Crippen molar-refractivity contribution in [3.63, 3.8) is 0 Å². The molecular formula is C24H50INO9. The summed E-state index contributed by atoms with van der Waals surface area (Å²) >= 11 is 2.42. The van der Waals surface area contributed by atoms with Crippen LogP contribution in [-0.2, 0) is 42.6 Å². The molecule has 10 nitrogen and oxygen atoms in total. The van der Waals surface area contributed by atoms with Gasteiger partial charge in [-0.15, -0.1) is 0 Å². The predicted molar refractivity (Wildman–Crippen MR) is 144 cm³/mol. The molecule has 0 aromatic carbocycles. The molecule has 0 saturated heterocycles.